The molecule has 4 aromatic heterocycles. The first kappa shape index (κ1) is 17.7. The van der Waals surface area contributed by atoms with E-state index in [9.17, 15) is 0 Å². The van der Waals surface area contributed by atoms with E-state index in [1.165, 1.54) is 0 Å². The first-order chi connectivity index (χ1) is 13.9. The van der Waals surface area contributed by atoms with Gasteiger partial charge in [-0.3, -0.25) is 0 Å². The maximum atomic E-state index is 4.89. The Morgan fingerprint density at radius 2 is 1.00 bits per heavy atom. The first-order valence-electron chi connectivity index (χ1n) is 8.88. The topological polar surface area (TPSA) is 79.8 Å². The molecule has 0 aliphatic heterocycles. The summed E-state index contributed by atoms with van der Waals surface area (Å²) in [6.07, 6.45) is 6.70. The minimum Gasteiger partial charge on any atom is -0.441 e. The number of rotatable bonds is 2. The summed E-state index contributed by atoms with van der Waals surface area (Å²) in [4.78, 5) is 26.9. The predicted octanol–water partition coefficient (Wildman–Crippen LogP) is 3.97. The summed E-state index contributed by atoms with van der Waals surface area (Å²) in [7, 11) is 0. The van der Waals surface area contributed by atoms with Gasteiger partial charge < -0.3 is 19.9 Å². The Bertz CT molecular complexity index is 1350. The number of nitrogens with zero attached hydrogens (tertiary/aromatic N) is 6. The third-order valence-electron chi connectivity index (χ3n) is 4.88. The normalized spacial score (nSPS) is 11.2. The maximum absolute atomic E-state index is 4.89. The molecule has 0 spiro atoms. The van der Waals surface area contributed by atoms with Gasteiger partial charge in [0.25, 0.3) is 0 Å². The van der Waals surface area contributed by atoms with E-state index >= 15 is 0 Å². The summed E-state index contributed by atoms with van der Waals surface area (Å²) in [5, 5.41) is 4.19. The van der Waals surface area contributed by atoms with E-state index in [0.29, 0.717) is 11.6 Å². The number of fused-ring (bicyclic) bond motifs is 5. The predicted molar refractivity (Wildman–Crippen MR) is 108 cm³/mol. The van der Waals surface area contributed by atoms with E-state index in [-0.39, 0.29) is 21.1 Å². The van der Waals surface area contributed by atoms with Crippen molar-refractivity contribution in [2.24, 2.45) is 0 Å². The first-order valence-corrected chi connectivity index (χ1v) is 8.88. The number of hydrogen-bond donors (Lipinski definition) is 0. The number of aromatic nitrogens is 6. The van der Waals surface area contributed by atoms with Crippen LogP contribution in [0.2, 0.25) is 0 Å². The maximum Gasteiger partial charge on any atom is 2.00 e. The van der Waals surface area contributed by atoms with Gasteiger partial charge in [-0.25, -0.2) is 9.97 Å². The van der Waals surface area contributed by atoms with Crippen LogP contribution in [-0.4, -0.2) is 19.9 Å². The van der Waals surface area contributed by atoms with Crippen molar-refractivity contribution in [1.29, 1.82) is 0 Å². The van der Waals surface area contributed by atoms with E-state index in [1.807, 2.05) is 12.1 Å². The average Bonchev–Trinajstić information content (AvgIpc) is 3.46. The Balaban J connectivity index is 0.00000181. The fourth-order valence-corrected chi connectivity index (χ4v) is 3.57. The van der Waals surface area contributed by atoms with Crippen molar-refractivity contribution in [3.8, 4) is 23.0 Å². The molecule has 6 aromatic rings. The van der Waals surface area contributed by atoms with Crippen LogP contribution in [0.15, 0.2) is 73.3 Å². The van der Waals surface area contributed by atoms with Crippen molar-refractivity contribution < 1.29 is 21.1 Å². The van der Waals surface area contributed by atoms with Crippen LogP contribution in [0.4, 0.5) is 0 Å². The van der Waals surface area contributed by atoms with Crippen molar-refractivity contribution >= 4 is 32.6 Å². The van der Waals surface area contributed by atoms with Gasteiger partial charge in [0.05, 0.1) is 22.4 Å². The molecule has 0 saturated heterocycles. The van der Waals surface area contributed by atoms with Gasteiger partial charge in [-0.2, -0.15) is 0 Å². The van der Waals surface area contributed by atoms with Crippen LogP contribution in [0.5, 0.6) is 0 Å². The second kappa shape index (κ2) is 6.90. The summed E-state index contributed by atoms with van der Waals surface area (Å²) in [6.45, 7) is 0. The van der Waals surface area contributed by atoms with Gasteiger partial charge in [-0.1, -0.05) is 61.2 Å². The van der Waals surface area contributed by atoms with Crippen LogP contribution in [-0.2, 0) is 21.1 Å². The second-order valence-electron chi connectivity index (χ2n) is 6.53. The minimum absolute atomic E-state index is 0. The molecule has 0 unspecified atom stereocenters. The monoisotopic (exact) mass is 555 g/mol. The molecular weight excluding hydrogens is 543 g/mol. The van der Waals surface area contributed by atoms with Crippen molar-refractivity contribution in [2.75, 3.05) is 0 Å². The zero-order valence-corrected chi connectivity index (χ0v) is 17.2. The van der Waals surface area contributed by atoms with Crippen LogP contribution >= 0.6 is 0 Å². The molecule has 6 rings (SSSR count). The van der Waals surface area contributed by atoms with Crippen LogP contribution < -0.4 is 9.97 Å². The number of hydrogen-bond acceptors (Lipinski definition) is 4. The van der Waals surface area contributed by atoms with Gasteiger partial charge in [0.15, 0.2) is 0 Å². The minimum atomic E-state index is 0. The summed E-state index contributed by atoms with van der Waals surface area (Å²) >= 11 is 0. The van der Waals surface area contributed by atoms with Gasteiger partial charge in [0.2, 0.25) is 0 Å². The molecule has 0 saturated carbocycles. The summed E-state index contributed by atoms with van der Waals surface area (Å²) < 4.78 is 0. The average molecular weight is 555 g/mol. The van der Waals surface area contributed by atoms with Gasteiger partial charge in [-0.05, 0) is 29.2 Å². The Labute approximate surface area is 179 Å². The number of pyridine rings is 2. The molecule has 0 fully saturated rings. The standard InChI is InChI=1S/C22H12N6.Pt/c1-3-14-5-7-16(21-23-9-10-24-21)27-19(14)18-13(1)2-4-15-6-8-17(28-20(15)18)22-25-11-12-26-22;/h1-12H;/q-2;+2. The third kappa shape index (κ3) is 2.84. The fourth-order valence-electron chi connectivity index (χ4n) is 3.57. The largest absolute Gasteiger partial charge is 2.00 e. The molecule has 0 atom stereocenters. The summed E-state index contributed by atoms with van der Waals surface area (Å²) in [5.41, 5.74) is 3.27. The smallest absolute Gasteiger partial charge is 0.441 e. The Hall–Kier alpha value is -3.37. The quantitative estimate of drug-likeness (QED) is 0.301. The van der Waals surface area contributed by atoms with Gasteiger partial charge >= 0.3 is 21.1 Å². The zero-order valence-electron chi connectivity index (χ0n) is 14.9. The molecule has 6 nitrogen and oxygen atoms in total. The Morgan fingerprint density at radius 1 is 0.552 bits per heavy atom. The van der Waals surface area contributed by atoms with Crippen molar-refractivity contribution in [3.63, 3.8) is 0 Å². The SMILES string of the molecule is [Pt+2].c1c[n-]c(-c2ccc3ccc4ccc5ccc(-c6ncc[n-]6)nc5c4c3n2)n1. The number of imidazole rings is 2. The third-order valence-corrected chi connectivity index (χ3v) is 4.88. The molecule has 0 radical (unpaired) electrons. The molecule has 0 aliphatic rings. The van der Waals surface area contributed by atoms with E-state index in [0.717, 1.165) is 44.0 Å². The Kier molecular flexibility index (Phi) is 4.22. The molecule has 4 heterocycles. The van der Waals surface area contributed by atoms with E-state index in [2.05, 4.69) is 56.3 Å². The molecule has 140 valence electrons. The molecule has 2 aromatic carbocycles. The number of benzene rings is 2. The van der Waals surface area contributed by atoms with Crippen LogP contribution in [0.25, 0.3) is 55.6 Å². The van der Waals surface area contributed by atoms with Gasteiger partial charge in [0, 0.05) is 16.2 Å². The van der Waals surface area contributed by atoms with Crippen LogP contribution in [0.3, 0.4) is 0 Å². The fraction of sp³-hybridized carbons (Fsp3) is 0. The summed E-state index contributed by atoms with van der Waals surface area (Å²) in [6, 6.07) is 16.4. The molecule has 0 amide bonds. The Morgan fingerprint density at radius 3 is 1.45 bits per heavy atom. The van der Waals surface area contributed by atoms with Crippen molar-refractivity contribution in [3.05, 3.63) is 73.3 Å². The molecular formula is C22H12N6Pt. The van der Waals surface area contributed by atoms with Gasteiger partial charge in [-0.15, -0.1) is 0 Å². The van der Waals surface area contributed by atoms with Crippen molar-refractivity contribution in [2.45, 2.75) is 0 Å². The van der Waals surface area contributed by atoms with Crippen LogP contribution in [0.1, 0.15) is 0 Å². The van der Waals surface area contributed by atoms with Crippen LogP contribution in [0, 0.1) is 0 Å². The molecule has 0 N–H and O–H groups in total. The second-order valence-corrected chi connectivity index (χ2v) is 6.53. The molecule has 29 heavy (non-hydrogen) atoms. The molecule has 7 heteroatoms. The van der Waals surface area contributed by atoms with Crippen molar-refractivity contribution in [1.82, 2.24) is 29.9 Å². The van der Waals surface area contributed by atoms with E-state index in [1.54, 1.807) is 24.8 Å². The van der Waals surface area contributed by atoms with Gasteiger partial charge in [0.1, 0.15) is 0 Å². The van der Waals surface area contributed by atoms with E-state index in [4.69, 9.17) is 9.97 Å². The molecule has 0 bridgehead atoms. The zero-order chi connectivity index (χ0) is 18.5. The van der Waals surface area contributed by atoms with E-state index < -0.39 is 0 Å². The summed E-state index contributed by atoms with van der Waals surface area (Å²) in [5.74, 6) is 1.25. The molecule has 0 aliphatic carbocycles.